The van der Waals surface area contributed by atoms with Crippen molar-refractivity contribution in [1.82, 2.24) is 15.1 Å². The third-order valence-electron chi connectivity index (χ3n) is 3.79. The summed E-state index contributed by atoms with van der Waals surface area (Å²) in [5.41, 5.74) is 1.29. The zero-order chi connectivity index (χ0) is 13.0. The molecule has 1 aromatic heterocycles. The van der Waals surface area contributed by atoms with E-state index in [0.717, 1.165) is 32.4 Å². The van der Waals surface area contributed by atoms with Gasteiger partial charge in [0.15, 0.2) is 0 Å². The van der Waals surface area contributed by atoms with Crippen LogP contribution in [0.15, 0.2) is 12.4 Å². The van der Waals surface area contributed by atoms with E-state index >= 15 is 0 Å². The molecule has 102 valence electrons. The summed E-state index contributed by atoms with van der Waals surface area (Å²) >= 11 is 0. The molecule has 0 saturated carbocycles. The Kier molecular flexibility index (Phi) is 4.78. The number of aromatic nitrogens is 2. The van der Waals surface area contributed by atoms with Gasteiger partial charge >= 0.3 is 0 Å². The fourth-order valence-electron chi connectivity index (χ4n) is 2.88. The second-order valence-corrected chi connectivity index (χ2v) is 5.15. The molecule has 0 radical (unpaired) electrons. The third kappa shape index (κ3) is 2.93. The molecule has 1 N–H and O–H groups in total. The highest BCUT2D eigenvalue weighted by atomic mass is 16.5. The van der Waals surface area contributed by atoms with Crippen LogP contribution < -0.4 is 5.32 Å². The van der Waals surface area contributed by atoms with Gasteiger partial charge in [-0.15, -0.1) is 0 Å². The summed E-state index contributed by atoms with van der Waals surface area (Å²) in [6.45, 7) is 6.36. The summed E-state index contributed by atoms with van der Waals surface area (Å²) in [4.78, 5) is 0. The van der Waals surface area contributed by atoms with Crippen molar-refractivity contribution in [2.45, 2.75) is 45.3 Å². The molecule has 0 spiro atoms. The van der Waals surface area contributed by atoms with Crippen LogP contribution in [0.5, 0.6) is 0 Å². The van der Waals surface area contributed by atoms with Gasteiger partial charge in [-0.2, -0.15) is 5.10 Å². The van der Waals surface area contributed by atoms with Crippen LogP contribution in [-0.4, -0.2) is 29.0 Å². The molecular formula is C14H25N3O. The average molecular weight is 251 g/mol. The fraction of sp³-hybridized carbons (Fsp3) is 0.786. The van der Waals surface area contributed by atoms with Crippen LogP contribution in [0.4, 0.5) is 0 Å². The van der Waals surface area contributed by atoms with E-state index in [9.17, 15) is 0 Å². The minimum Gasteiger partial charge on any atom is -0.378 e. The van der Waals surface area contributed by atoms with E-state index < -0.39 is 0 Å². The van der Waals surface area contributed by atoms with Crippen LogP contribution in [-0.2, 0) is 11.8 Å². The van der Waals surface area contributed by atoms with Crippen LogP contribution >= 0.6 is 0 Å². The van der Waals surface area contributed by atoms with Crippen molar-refractivity contribution in [3.63, 3.8) is 0 Å². The lowest BCUT2D eigenvalue weighted by atomic mass is 9.88. The van der Waals surface area contributed by atoms with Gasteiger partial charge in [0.05, 0.1) is 12.3 Å². The number of nitrogens with one attached hydrogen (secondary N) is 1. The molecule has 1 aliphatic rings. The maximum Gasteiger partial charge on any atom is 0.0619 e. The summed E-state index contributed by atoms with van der Waals surface area (Å²) in [5.74, 6) is 0.575. The van der Waals surface area contributed by atoms with Gasteiger partial charge in [-0.25, -0.2) is 0 Å². The van der Waals surface area contributed by atoms with E-state index in [0.29, 0.717) is 18.1 Å². The first-order valence-electron chi connectivity index (χ1n) is 7.09. The molecule has 1 saturated heterocycles. The highest BCUT2D eigenvalue weighted by molar-refractivity contribution is 5.13. The number of hydrogen-bond acceptors (Lipinski definition) is 3. The lowest BCUT2D eigenvalue weighted by Gasteiger charge is -2.27. The van der Waals surface area contributed by atoms with E-state index in [1.807, 2.05) is 17.9 Å². The summed E-state index contributed by atoms with van der Waals surface area (Å²) < 4.78 is 7.72. The van der Waals surface area contributed by atoms with E-state index in [2.05, 4.69) is 30.5 Å². The Morgan fingerprint density at radius 3 is 3.00 bits per heavy atom. The SMILES string of the molecule is CCCNC(c1cnn(C)c1)C1CCOC1CC. The Morgan fingerprint density at radius 2 is 2.39 bits per heavy atom. The van der Waals surface area contributed by atoms with Crippen LogP contribution in [0.2, 0.25) is 0 Å². The van der Waals surface area contributed by atoms with Gasteiger partial charge in [-0.3, -0.25) is 4.68 Å². The Morgan fingerprint density at radius 1 is 1.56 bits per heavy atom. The zero-order valence-electron chi connectivity index (χ0n) is 11.7. The molecular weight excluding hydrogens is 226 g/mol. The molecule has 18 heavy (non-hydrogen) atoms. The predicted octanol–water partition coefficient (Wildman–Crippen LogP) is 2.28. The van der Waals surface area contributed by atoms with Crippen molar-refractivity contribution in [3.05, 3.63) is 18.0 Å². The number of aryl methyl sites for hydroxylation is 1. The van der Waals surface area contributed by atoms with Crippen molar-refractivity contribution in [3.8, 4) is 0 Å². The molecule has 2 heterocycles. The van der Waals surface area contributed by atoms with Gasteiger partial charge in [0.25, 0.3) is 0 Å². The predicted molar refractivity (Wildman–Crippen MR) is 72.4 cm³/mol. The molecule has 0 aliphatic carbocycles. The minimum absolute atomic E-state index is 0.381. The van der Waals surface area contributed by atoms with Gasteiger partial charge in [-0.1, -0.05) is 13.8 Å². The molecule has 0 amide bonds. The smallest absolute Gasteiger partial charge is 0.0619 e. The summed E-state index contributed by atoms with van der Waals surface area (Å²) in [7, 11) is 1.98. The van der Waals surface area contributed by atoms with Crippen LogP contribution in [0, 0.1) is 5.92 Å². The van der Waals surface area contributed by atoms with E-state index in [-0.39, 0.29) is 0 Å². The molecule has 1 aliphatic heterocycles. The number of hydrogen-bond donors (Lipinski definition) is 1. The van der Waals surface area contributed by atoms with Gasteiger partial charge in [0.2, 0.25) is 0 Å². The Labute approximate surface area is 110 Å². The standard InChI is InChI=1S/C14H25N3O/c1-4-7-15-14(11-9-16-17(3)10-11)12-6-8-18-13(12)5-2/h9-10,12-15H,4-8H2,1-3H3. The molecule has 2 rings (SSSR count). The van der Waals surface area contributed by atoms with Gasteiger partial charge in [-0.05, 0) is 25.8 Å². The summed E-state index contributed by atoms with van der Waals surface area (Å²) in [5, 5.41) is 7.98. The number of nitrogens with zero attached hydrogens (tertiary/aromatic N) is 2. The van der Waals surface area contributed by atoms with Crippen LogP contribution in [0.3, 0.4) is 0 Å². The quantitative estimate of drug-likeness (QED) is 0.843. The maximum absolute atomic E-state index is 5.84. The largest absolute Gasteiger partial charge is 0.378 e. The molecule has 3 unspecified atom stereocenters. The molecule has 1 fully saturated rings. The fourth-order valence-corrected chi connectivity index (χ4v) is 2.88. The Bertz CT molecular complexity index is 364. The molecule has 4 nitrogen and oxygen atoms in total. The van der Waals surface area contributed by atoms with Crippen molar-refractivity contribution in [2.75, 3.05) is 13.2 Å². The highest BCUT2D eigenvalue weighted by Crippen LogP contribution is 2.34. The Hall–Kier alpha value is -0.870. The summed E-state index contributed by atoms with van der Waals surface area (Å²) in [6, 6.07) is 0.381. The topological polar surface area (TPSA) is 39.1 Å². The highest BCUT2D eigenvalue weighted by Gasteiger charge is 2.34. The van der Waals surface area contributed by atoms with Gasteiger partial charge < -0.3 is 10.1 Å². The van der Waals surface area contributed by atoms with Gasteiger partial charge in [0, 0.05) is 37.4 Å². The monoisotopic (exact) mass is 251 g/mol. The first-order chi connectivity index (χ1) is 8.76. The second kappa shape index (κ2) is 6.34. The molecule has 1 aromatic rings. The number of rotatable bonds is 6. The minimum atomic E-state index is 0.381. The number of ether oxygens (including phenoxy) is 1. The van der Waals surface area contributed by atoms with E-state index in [4.69, 9.17) is 4.74 Å². The average Bonchev–Trinajstić information content (AvgIpc) is 2.99. The lowest BCUT2D eigenvalue weighted by Crippen LogP contribution is -2.33. The Balaban J connectivity index is 2.13. The molecule has 0 bridgehead atoms. The van der Waals surface area contributed by atoms with Crippen molar-refractivity contribution in [2.24, 2.45) is 13.0 Å². The molecule has 4 heteroatoms. The second-order valence-electron chi connectivity index (χ2n) is 5.15. The van der Waals surface area contributed by atoms with Crippen LogP contribution in [0.25, 0.3) is 0 Å². The lowest BCUT2D eigenvalue weighted by molar-refractivity contribution is 0.0774. The van der Waals surface area contributed by atoms with Crippen molar-refractivity contribution < 1.29 is 4.74 Å². The zero-order valence-corrected chi connectivity index (χ0v) is 11.7. The van der Waals surface area contributed by atoms with E-state index in [1.165, 1.54) is 5.56 Å². The first-order valence-corrected chi connectivity index (χ1v) is 7.09. The normalized spacial score (nSPS) is 25.5. The molecule has 3 atom stereocenters. The molecule has 0 aromatic carbocycles. The van der Waals surface area contributed by atoms with Crippen molar-refractivity contribution in [1.29, 1.82) is 0 Å². The van der Waals surface area contributed by atoms with Gasteiger partial charge in [0.1, 0.15) is 0 Å². The van der Waals surface area contributed by atoms with Crippen molar-refractivity contribution >= 4 is 0 Å². The maximum atomic E-state index is 5.84. The van der Waals surface area contributed by atoms with Crippen LogP contribution in [0.1, 0.15) is 44.7 Å². The summed E-state index contributed by atoms with van der Waals surface area (Å²) in [6.07, 6.45) is 7.89. The first kappa shape index (κ1) is 13.6. The van der Waals surface area contributed by atoms with E-state index in [1.54, 1.807) is 0 Å². The third-order valence-corrected chi connectivity index (χ3v) is 3.79.